The van der Waals surface area contributed by atoms with Crippen molar-refractivity contribution < 1.29 is 0 Å². The quantitative estimate of drug-likeness (QED) is 0.729. The van der Waals surface area contributed by atoms with Gasteiger partial charge in [-0.25, -0.2) is 0 Å². The van der Waals surface area contributed by atoms with Crippen LogP contribution in [0.3, 0.4) is 0 Å². The van der Waals surface area contributed by atoms with Crippen molar-refractivity contribution in [3.63, 3.8) is 0 Å². The summed E-state index contributed by atoms with van der Waals surface area (Å²) in [6.45, 7) is 3.50. The summed E-state index contributed by atoms with van der Waals surface area (Å²) < 4.78 is 1.56. The van der Waals surface area contributed by atoms with Gasteiger partial charge in [-0.2, -0.15) is 0 Å². The minimum Gasteiger partial charge on any atom is -0.330 e. The average Bonchev–Trinajstić information content (AvgIpc) is 2.20. The summed E-state index contributed by atoms with van der Waals surface area (Å²) >= 11 is 0. The zero-order valence-corrected chi connectivity index (χ0v) is 9.36. The first-order chi connectivity index (χ1) is 7.13. The summed E-state index contributed by atoms with van der Waals surface area (Å²) in [6.07, 6.45) is 2.73. The molecule has 0 fully saturated rings. The first-order valence-corrected chi connectivity index (χ1v) is 5.22. The summed E-state index contributed by atoms with van der Waals surface area (Å²) in [7, 11) is 1.75. The fourth-order valence-corrected chi connectivity index (χ4v) is 1.34. The number of aromatic nitrogens is 1. The highest BCUT2D eigenvalue weighted by Crippen LogP contribution is 1.96. The van der Waals surface area contributed by atoms with Crippen molar-refractivity contribution in [1.29, 1.82) is 0 Å². The van der Waals surface area contributed by atoms with Gasteiger partial charge < -0.3 is 15.6 Å². The lowest BCUT2D eigenvalue weighted by Crippen LogP contribution is -2.28. The van der Waals surface area contributed by atoms with E-state index in [9.17, 15) is 4.79 Å². The Morgan fingerprint density at radius 3 is 2.93 bits per heavy atom. The Morgan fingerprint density at radius 1 is 1.60 bits per heavy atom. The van der Waals surface area contributed by atoms with E-state index >= 15 is 0 Å². The first kappa shape index (κ1) is 11.9. The van der Waals surface area contributed by atoms with E-state index in [2.05, 4.69) is 12.2 Å². The standard InChI is InChI=1S/C11H19N3O/c1-9(3-5-12)13-8-10-4-6-14(2)11(15)7-10/h4,6-7,9,13H,3,5,8,12H2,1-2H3. The van der Waals surface area contributed by atoms with E-state index in [0.717, 1.165) is 18.5 Å². The van der Waals surface area contributed by atoms with Crippen LogP contribution in [0.4, 0.5) is 0 Å². The maximum absolute atomic E-state index is 11.3. The largest absolute Gasteiger partial charge is 0.330 e. The highest BCUT2D eigenvalue weighted by molar-refractivity contribution is 5.10. The van der Waals surface area contributed by atoms with Gasteiger partial charge in [0.25, 0.3) is 5.56 Å². The topological polar surface area (TPSA) is 60.0 Å². The second-order valence-corrected chi connectivity index (χ2v) is 3.84. The van der Waals surface area contributed by atoms with Crippen molar-refractivity contribution >= 4 is 0 Å². The van der Waals surface area contributed by atoms with Crippen LogP contribution >= 0.6 is 0 Å². The Bertz CT molecular complexity index is 359. The summed E-state index contributed by atoms with van der Waals surface area (Å²) in [5.41, 5.74) is 6.49. The van der Waals surface area contributed by atoms with E-state index in [1.807, 2.05) is 6.07 Å². The molecule has 1 rings (SSSR count). The third kappa shape index (κ3) is 3.85. The van der Waals surface area contributed by atoms with E-state index in [1.165, 1.54) is 0 Å². The summed E-state index contributed by atoms with van der Waals surface area (Å²) in [5.74, 6) is 0. The van der Waals surface area contributed by atoms with Crippen LogP contribution in [0, 0.1) is 0 Å². The van der Waals surface area contributed by atoms with Crippen LogP contribution in [0.25, 0.3) is 0 Å². The number of nitrogens with two attached hydrogens (primary N) is 1. The Balaban J connectivity index is 2.51. The first-order valence-electron chi connectivity index (χ1n) is 5.22. The van der Waals surface area contributed by atoms with Crippen molar-refractivity contribution in [2.24, 2.45) is 12.8 Å². The molecular weight excluding hydrogens is 190 g/mol. The normalized spacial score (nSPS) is 12.7. The van der Waals surface area contributed by atoms with Crippen LogP contribution in [0.2, 0.25) is 0 Å². The number of nitrogens with zero attached hydrogens (tertiary/aromatic N) is 1. The molecule has 0 saturated heterocycles. The monoisotopic (exact) mass is 209 g/mol. The lowest BCUT2D eigenvalue weighted by Gasteiger charge is -2.12. The van der Waals surface area contributed by atoms with E-state index in [4.69, 9.17) is 5.73 Å². The zero-order valence-electron chi connectivity index (χ0n) is 9.36. The molecule has 0 spiro atoms. The minimum atomic E-state index is 0.0285. The Morgan fingerprint density at radius 2 is 2.33 bits per heavy atom. The molecule has 1 heterocycles. The minimum absolute atomic E-state index is 0.0285. The molecule has 0 saturated carbocycles. The molecular formula is C11H19N3O. The molecule has 0 aromatic carbocycles. The molecule has 1 aromatic rings. The number of hydrogen-bond acceptors (Lipinski definition) is 3. The van der Waals surface area contributed by atoms with E-state index in [0.29, 0.717) is 12.6 Å². The van der Waals surface area contributed by atoms with Gasteiger partial charge in [0.15, 0.2) is 0 Å². The number of pyridine rings is 1. The van der Waals surface area contributed by atoms with Gasteiger partial charge in [0, 0.05) is 31.9 Å². The molecule has 1 aromatic heterocycles. The molecule has 0 aliphatic rings. The molecule has 4 nitrogen and oxygen atoms in total. The van der Waals surface area contributed by atoms with Gasteiger partial charge in [-0.1, -0.05) is 0 Å². The smallest absolute Gasteiger partial charge is 0.250 e. The third-order valence-electron chi connectivity index (χ3n) is 2.42. The van der Waals surface area contributed by atoms with Crippen molar-refractivity contribution in [2.45, 2.75) is 25.9 Å². The number of rotatable bonds is 5. The fourth-order valence-electron chi connectivity index (χ4n) is 1.34. The highest BCUT2D eigenvalue weighted by atomic mass is 16.1. The Kier molecular flexibility index (Phi) is 4.52. The van der Waals surface area contributed by atoms with Crippen LogP contribution in [-0.2, 0) is 13.6 Å². The van der Waals surface area contributed by atoms with Gasteiger partial charge in [-0.05, 0) is 31.5 Å². The lowest BCUT2D eigenvalue weighted by atomic mass is 10.2. The number of nitrogens with one attached hydrogen (secondary N) is 1. The van der Waals surface area contributed by atoms with Crippen molar-refractivity contribution in [3.05, 3.63) is 34.2 Å². The second kappa shape index (κ2) is 5.68. The zero-order chi connectivity index (χ0) is 11.3. The van der Waals surface area contributed by atoms with E-state index in [1.54, 1.807) is 23.9 Å². The van der Waals surface area contributed by atoms with Crippen molar-refractivity contribution in [2.75, 3.05) is 6.54 Å². The molecule has 0 aliphatic heterocycles. The number of hydrogen-bond donors (Lipinski definition) is 2. The van der Waals surface area contributed by atoms with Gasteiger partial charge >= 0.3 is 0 Å². The van der Waals surface area contributed by atoms with Gasteiger partial charge in [0.1, 0.15) is 0 Å². The molecule has 0 aliphatic carbocycles. The molecule has 84 valence electrons. The van der Waals surface area contributed by atoms with Crippen LogP contribution < -0.4 is 16.6 Å². The summed E-state index contributed by atoms with van der Waals surface area (Å²) in [5, 5.41) is 3.32. The third-order valence-corrected chi connectivity index (χ3v) is 2.42. The predicted octanol–water partition coefficient (Wildman–Crippen LogP) is 0.212. The predicted molar refractivity (Wildman–Crippen MR) is 61.7 cm³/mol. The maximum Gasteiger partial charge on any atom is 0.250 e. The van der Waals surface area contributed by atoms with Crippen molar-refractivity contribution in [1.82, 2.24) is 9.88 Å². The molecule has 0 radical (unpaired) electrons. The van der Waals surface area contributed by atoms with Crippen LogP contribution in [-0.4, -0.2) is 17.2 Å². The average molecular weight is 209 g/mol. The second-order valence-electron chi connectivity index (χ2n) is 3.84. The molecule has 0 bridgehead atoms. The molecule has 3 N–H and O–H groups in total. The fraction of sp³-hybridized carbons (Fsp3) is 0.545. The van der Waals surface area contributed by atoms with E-state index in [-0.39, 0.29) is 5.56 Å². The number of aryl methyl sites for hydroxylation is 1. The Hall–Kier alpha value is -1.13. The highest BCUT2D eigenvalue weighted by Gasteiger charge is 2.00. The molecule has 1 atom stereocenters. The summed E-state index contributed by atoms with van der Waals surface area (Å²) in [4.78, 5) is 11.3. The maximum atomic E-state index is 11.3. The molecule has 0 amide bonds. The van der Waals surface area contributed by atoms with Gasteiger partial charge in [0.05, 0.1) is 0 Å². The van der Waals surface area contributed by atoms with Crippen molar-refractivity contribution in [3.8, 4) is 0 Å². The van der Waals surface area contributed by atoms with Crippen LogP contribution in [0.15, 0.2) is 23.1 Å². The molecule has 1 unspecified atom stereocenters. The molecule has 15 heavy (non-hydrogen) atoms. The lowest BCUT2D eigenvalue weighted by molar-refractivity contribution is 0.519. The van der Waals surface area contributed by atoms with Gasteiger partial charge in [-0.3, -0.25) is 4.79 Å². The van der Waals surface area contributed by atoms with E-state index < -0.39 is 0 Å². The Labute approximate surface area is 90.1 Å². The van der Waals surface area contributed by atoms with Gasteiger partial charge in [0.2, 0.25) is 0 Å². The van der Waals surface area contributed by atoms with Gasteiger partial charge in [-0.15, -0.1) is 0 Å². The van der Waals surface area contributed by atoms with Crippen LogP contribution in [0.1, 0.15) is 18.9 Å². The summed E-state index contributed by atoms with van der Waals surface area (Å²) in [6, 6.07) is 3.99. The molecule has 4 heteroatoms. The SMILES string of the molecule is CC(CCN)NCc1ccn(C)c(=O)c1. The van der Waals surface area contributed by atoms with Crippen LogP contribution in [0.5, 0.6) is 0 Å².